The molecule has 0 aliphatic heterocycles. The molecule has 9 heteroatoms. The first-order valence-electron chi connectivity index (χ1n) is 8.90. The van der Waals surface area contributed by atoms with Crippen molar-refractivity contribution in [2.75, 3.05) is 5.32 Å². The van der Waals surface area contributed by atoms with E-state index in [-0.39, 0.29) is 18.1 Å². The minimum atomic E-state index is -4.75. The zero-order valence-electron chi connectivity index (χ0n) is 15.4. The van der Waals surface area contributed by atoms with Gasteiger partial charge in [0.05, 0.1) is 12.1 Å². The number of rotatable bonds is 5. The maximum atomic E-state index is 12.2. The average Bonchev–Trinajstić information content (AvgIpc) is 3.13. The lowest BCUT2D eigenvalue weighted by molar-refractivity contribution is -0.274. The molecular weight excluding hydrogens is 397 g/mol. The highest BCUT2D eigenvalue weighted by Crippen LogP contribution is 2.23. The van der Waals surface area contributed by atoms with Gasteiger partial charge in [-0.3, -0.25) is 9.20 Å². The minimum absolute atomic E-state index is 0.0200. The fourth-order valence-electron chi connectivity index (χ4n) is 2.89. The molecule has 1 amide bonds. The minimum Gasteiger partial charge on any atom is -0.406 e. The Balaban J connectivity index is 1.37. The number of nitrogens with one attached hydrogen (secondary N) is 1. The monoisotopic (exact) mass is 412 g/mol. The molecular formula is C21H15F3N4O2. The zero-order chi connectivity index (χ0) is 21.1. The number of amides is 1. The van der Waals surface area contributed by atoms with Crippen molar-refractivity contribution in [1.29, 1.82) is 0 Å². The number of anilines is 1. The highest BCUT2D eigenvalue weighted by molar-refractivity contribution is 5.92. The second-order valence-corrected chi connectivity index (χ2v) is 6.45. The third-order valence-electron chi connectivity index (χ3n) is 4.22. The van der Waals surface area contributed by atoms with Crippen molar-refractivity contribution >= 4 is 17.4 Å². The van der Waals surface area contributed by atoms with Crippen molar-refractivity contribution in [1.82, 2.24) is 14.4 Å². The summed E-state index contributed by atoms with van der Waals surface area (Å²) in [7, 11) is 0. The molecule has 0 saturated carbocycles. The standard InChI is InChI=1S/C21H15F3N4O2/c22-21(23,24)30-17-8-2-14(3-9-17)12-19(29)26-16-6-4-15(5-7-16)18-13-28-11-1-10-25-20(28)27-18/h1-11,13H,12H2,(H,26,29). The maximum absolute atomic E-state index is 12.2. The van der Waals surface area contributed by atoms with Crippen molar-refractivity contribution in [3.05, 3.63) is 78.8 Å². The summed E-state index contributed by atoms with van der Waals surface area (Å²) in [6.45, 7) is 0. The van der Waals surface area contributed by atoms with Crippen LogP contribution in [0.2, 0.25) is 0 Å². The Morgan fingerprint density at radius 3 is 2.47 bits per heavy atom. The normalized spacial score (nSPS) is 11.4. The van der Waals surface area contributed by atoms with Crippen LogP contribution >= 0.6 is 0 Å². The Hall–Kier alpha value is -3.88. The van der Waals surface area contributed by atoms with E-state index in [2.05, 4.69) is 20.0 Å². The Morgan fingerprint density at radius 1 is 1.07 bits per heavy atom. The molecule has 152 valence electrons. The van der Waals surface area contributed by atoms with Crippen LogP contribution in [0.1, 0.15) is 5.56 Å². The first-order valence-corrected chi connectivity index (χ1v) is 8.90. The van der Waals surface area contributed by atoms with Gasteiger partial charge < -0.3 is 10.1 Å². The van der Waals surface area contributed by atoms with Gasteiger partial charge in [0.25, 0.3) is 0 Å². The van der Waals surface area contributed by atoms with Gasteiger partial charge in [-0.1, -0.05) is 24.3 Å². The number of hydrogen-bond donors (Lipinski definition) is 1. The third kappa shape index (κ3) is 4.75. The van der Waals surface area contributed by atoms with Crippen molar-refractivity contribution in [2.45, 2.75) is 12.8 Å². The number of benzene rings is 2. The predicted molar refractivity (Wildman–Crippen MR) is 104 cm³/mol. The van der Waals surface area contributed by atoms with E-state index in [1.54, 1.807) is 18.3 Å². The number of imidazole rings is 1. The molecule has 0 unspecified atom stereocenters. The van der Waals surface area contributed by atoms with Crippen molar-refractivity contribution in [2.24, 2.45) is 0 Å². The quantitative estimate of drug-likeness (QED) is 0.525. The van der Waals surface area contributed by atoms with Crippen LogP contribution in [-0.4, -0.2) is 26.6 Å². The number of nitrogens with zero attached hydrogens (tertiary/aromatic N) is 3. The number of fused-ring (bicyclic) bond motifs is 1. The number of carbonyl (C=O) groups excluding carboxylic acids is 1. The summed E-state index contributed by atoms with van der Waals surface area (Å²) in [5.74, 6) is -0.0231. The smallest absolute Gasteiger partial charge is 0.406 e. The fraction of sp³-hybridized carbons (Fsp3) is 0.0952. The van der Waals surface area contributed by atoms with Crippen molar-refractivity contribution in [3.8, 4) is 17.0 Å². The van der Waals surface area contributed by atoms with Gasteiger partial charge in [0.2, 0.25) is 11.7 Å². The second-order valence-electron chi connectivity index (χ2n) is 6.45. The highest BCUT2D eigenvalue weighted by Gasteiger charge is 2.30. The summed E-state index contributed by atoms with van der Waals surface area (Å²) in [6.07, 6.45) is 0.663. The van der Waals surface area contributed by atoms with E-state index in [1.807, 2.05) is 35.0 Å². The summed E-state index contributed by atoms with van der Waals surface area (Å²) < 4.78 is 42.2. The molecule has 0 aliphatic rings. The van der Waals surface area contributed by atoms with Crippen LogP contribution in [0.3, 0.4) is 0 Å². The lowest BCUT2D eigenvalue weighted by Gasteiger charge is -2.09. The molecule has 4 aromatic rings. The first kappa shape index (κ1) is 19.4. The predicted octanol–water partition coefficient (Wildman–Crippen LogP) is 4.48. The van der Waals surface area contributed by atoms with Crippen molar-refractivity contribution < 1.29 is 22.7 Å². The van der Waals surface area contributed by atoms with E-state index in [9.17, 15) is 18.0 Å². The van der Waals surface area contributed by atoms with Gasteiger partial charge >= 0.3 is 6.36 Å². The van der Waals surface area contributed by atoms with Gasteiger partial charge in [-0.15, -0.1) is 13.2 Å². The molecule has 0 radical (unpaired) electrons. The van der Waals surface area contributed by atoms with E-state index in [1.165, 1.54) is 24.3 Å². The molecule has 0 aliphatic carbocycles. The van der Waals surface area contributed by atoms with Crippen LogP contribution in [-0.2, 0) is 11.2 Å². The first-order chi connectivity index (χ1) is 14.4. The number of ether oxygens (including phenoxy) is 1. The largest absolute Gasteiger partial charge is 0.573 e. The molecule has 1 N–H and O–H groups in total. The summed E-state index contributed by atoms with van der Waals surface area (Å²) in [5, 5.41) is 2.76. The topological polar surface area (TPSA) is 68.5 Å². The van der Waals surface area contributed by atoms with Crippen LogP contribution < -0.4 is 10.1 Å². The molecule has 4 rings (SSSR count). The summed E-state index contributed by atoms with van der Waals surface area (Å²) in [6, 6.07) is 14.2. The summed E-state index contributed by atoms with van der Waals surface area (Å²) in [4.78, 5) is 20.8. The van der Waals surface area contributed by atoms with Gasteiger partial charge in [0.1, 0.15) is 5.75 Å². The SMILES string of the molecule is O=C(Cc1ccc(OC(F)(F)F)cc1)Nc1ccc(-c2cn3cccnc3n2)cc1. The van der Waals surface area contributed by atoms with Crippen LogP contribution in [0.4, 0.5) is 18.9 Å². The van der Waals surface area contributed by atoms with Gasteiger partial charge in [-0.2, -0.15) is 0 Å². The molecule has 0 bridgehead atoms. The highest BCUT2D eigenvalue weighted by atomic mass is 19.4. The number of carbonyl (C=O) groups is 1. The lowest BCUT2D eigenvalue weighted by Crippen LogP contribution is -2.17. The number of hydrogen-bond acceptors (Lipinski definition) is 4. The molecule has 6 nitrogen and oxygen atoms in total. The van der Waals surface area contributed by atoms with E-state index in [4.69, 9.17) is 0 Å². The van der Waals surface area contributed by atoms with Crippen molar-refractivity contribution in [3.63, 3.8) is 0 Å². The second kappa shape index (κ2) is 7.86. The molecule has 0 spiro atoms. The summed E-state index contributed by atoms with van der Waals surface area (Å²) >= 11 is 0. The number of aromatic nitrogens is 3. The van der Waals surface area contributed by atoms with E-state index >= 15 is 0 Å². The molecule has 0 saturated heterocycles. The fourth-order valence-corrected chi connectivity index (χ4v) is 2.89. The summed E-state index contributed by atoms with van der Waals surface area (Å²) in [5.41, 5.74) is 2.80. The third-order valence-corrected chi connectivity index (χ3v) is 4.22. The van der Waals surface area contributed by atoms with Crippen LogP contribution in [0.25, 0.3) is 17.0 Å². The Bertz CT molecular complexity index is 1140. The molecule has 2 aromatic heterocycles. The van der Waals surface area contributed by atoms with Crippen LogP contribution in [0.15, 0.2) is 73.2 Å². The van der Waals surface area contributed by atoms with Gasteiger partial charge in [0.15, 0.2) is 0 Å². The van der Waals surface area contributed by atoms with Gasteiger partial charge in [-0.25, -0.2) is 9.97 Å². The van der Waals surface area contributed by atoms with Crippen LogP contribution in [0, 0.1) is 0 Å². The zero-order valence-corrected chi connectivity index (χ0v) is 15.4. The Kier molecular flexibility index (Phi) is 5.09. The molecule has 2 aromatic carbocycles. The maximum Gasteiger partial charge on any atom is 0.573 e. The Labute approximate surface area is 169 Å². The molecule has 0 fully saturated rings. The average molecular weight is 412 g/mol. The van der Waals surface area contributed by atoms with Crippen LogP contribution in [0.5, 0.6) is 5.75 Å². The number of halogens is 3. The molecule has 2 heterocycles. The van der Waals surface area contributed by atoms with E-state index < -0.39 is 6.36 Å². The Morgan fingerprint density at radius 2 is 1.80 bits per heavy atom. The van der Waals surface area contributed by atoms with E-state index in [0.717, 1.165) is 11.3 Å². The molecule has 0 atom stereocenters. The van der Waals surface area contributed by atoms with E-state index in [0.29, 0.717) is 17.0 Å². The number of alkyl halides is 3. The van der Waals surface area contributed by atoms with Gasteiger partial charge in [-0.05, 0) is 35.9 Å². The lowest BCUT2D eigenvalue weighted by atomic mass is 10.1. The van der Waals surface area contributed by atoms with Gasteiger partial charge in [0, 0.05) is 29.8 Å². The molecule has 30 heavy (non-hydrogen) atoms.